The Morgan fingerprint density at radius 1 is 1.45 bits per heavy atom. The van der Waals surface area contributed by atoms with Gasteiger partial charge in [0.1, 0.15) is 5.82 Å². The Bertz CT molecular complexity index is 473. The molecule has 1 atom stereocenters. The van der Waals surface area contributed by atoms with Crippen LogP contribution in [-0.4, -0.2) is 49.7 Å². The minimum absolute atomic E-state index is 0.0472. The van der Waals surface area contributed by atoms with E-state index >= 15 is 0 Å². The number of morpholine rings is 1. The summed E-state index contributed by atoms with van der Waals surface area (Å²) in [4.78, 5) is 14.4. The van der Waals surface area contributed by atoms with Crippen LogP contribution >= 0.6 is 0 Å². The molecule has 0 aliphatic carbocycles. The molecule has 0 spiro atoms. The van der Waals surface area contributed by atoms with Gasteiger partial charge in [-0.15, -0.1) is 0 Å². The van der Waals surface area contributed by atoms with Gasteiger partial charge in [0.15, 0.2) is 0 Å². The molecule has 0 radical (unpaired) electrons. The van der Waals surface area contributed by atoms with E-state index in [1.54, 1.807) is 13.0 Å². The van der Waals surface area contributed by atoms with Gasteiger partial charge in [0.25, 0.3) is 5.91 Å². The van der Waals surface area contributed by atoms with E-state index in [1.807, 2.05) is 6.92 Å². The molecule has 1 aliphatic rings. The van der Waals surface area contributed by atoms with E-state index in [0.717, 1.165) is 32.8 Å². The second kappa shape index (κ2) is 6.81. The molecule has 2 rings (SSSR count). The van der Waals surface area contributed by atoms with Gasteiger partial charge in [0, 0.05) is 31.2 Å². The molecule has 110 valence electrons. The summed E-state index contributed by atoms with van der Waals surface area (Å²) in [6, 6.07) is 4.47. The van der Waals surface area contributed by atoms with Crippen molar-refractivity contribution in [2.24, 2.45) is 0 Å². The number of carbonyl (C=O) groups excluding carboxylic acids is 1. The van der Waals surface area contributed by atoms with Crippen LogP contribution in [0.15, 0.2) is 18.2 Å². The molecular weight excluding hydrogens is 259 g/mol. The molecule has 4 nitrogen and oxygen atoms in total. The Morgan fingerprint density at radius 2 is 2.15 bits per heavy atom. The largest absolute Gasteiger partial charge is 0.379 e. The normalized spacial score (nSPS) is 17.8. The van der Waals surface area contributed by atoms with Gasteiger partial charge in [0.2, 0.25) is 0 Å². The predicted molar refractivity (Wildman–Crippen MR) is 75.3 cm³/mol. The van der Waals surface area contributed by atoms with E-state index in [2.05, 4.69) is 10.2 Å². The summed E-state index contributed by atoms with van der Waals surface area (Å²) in [5.41, 5.74) is 0.983. The maximum absolute atomic E-state index is 13.2. The fourth-order valence-electron chi connectivity index (χ4n) is 2.31. The van der Waals surface area contributed by atoms with Crippen molar-refractivity contribution in [1.82, 2.24) is 10.2 Å². The van der Waals surface area contributed by atoms with Crippen LogP contribution in [0, 0.1) is 12.7 Å². The topological polar surface area (TPSA) is 41.6 Å². The van der Waals surface area contributed by atoms with Crippen LogP contribution in [0.4, 0.5) is 4.39 Å². The molecular formula is C15H21FN2O2. The lowest BCUT2D eigenvalue weighted by Crippen LogP contribution is -2.46. The van der Waals surface area contributed by atoms with Crippen LogP contribution in [-0.2, 0) is 4.74 Å². The fourth-order valence-corrected chi connectivity index (χ4v) is 2.31. The lowest BCUT2D eigenvalue weighted by molar-refractivity contribution is 0.0342. The highest BCUT2D eigenvalue weighted by Gasteiger charge is 2.16. The molecule has 1 amide bonds. The predicted octanol–water partition coefficient (Wildman–Crippen LogP) is 1.58. The van der Waals surface area contributed by atoms with Crippen LogP contribution in [0.5, 0.6) is 0 Å². The molecule has 1 saturated heterocycles. The smallest absolute Gasteiger partial charge is 0.251 e. The van der Waals surface area contributed by atoms with E-state index in [0.29, 0.717) is 11.1 Å². The van der Waals surface area contributed by atoms with Crippen molar-refractivity contribution >= 4 is 5.91 Å². The lowest BCUT2D eigenvalue weighted by Gasteiger charge is -2.29. The average molecular weight is 280 g/mol. The zero-order valence-electron chi connectivity index (χ0n) is 12.0. The Hall–Kier alpha value is -1.46. The first-order valence-electron chi connectivity index (χ1n) is 6.93. The summed E-state index contributed by atoms with van der Waals surface area (Å²) in [7, 11) is 0. The SMILES string of the molecule is Cc1cc(C(=O)NC(C)CN2CCOCC2)ccc1F. The quantitative estimate of drug-likeness (QED) is 0.910. The van der Waals surface area contributed by atoms with Gasteiger partial charge < -0.3 is 10.1 Å². The second-order valence-corrected chi connectivity index (χ2v) is 5.25. The molecule has 0 saturated carbocycles. The molecule has 1 heterocycles. The third-order valence-electron chi connectivity index (χ3n) is 3.43. The summed E-state index contributed by atoms with van der Waals surface area (Å²) in [5, 5.41) is 2.95. The minimum Gasteiger partial charge on any atom is -0.379 e. The number of aryl methyl sites for hydroxylation is 1. The zero-order chi connectivity index (χ0) is 14.5. The van der Waals surface area contributed by atoms with Gasteiger partial charge >= 0.3 is 0 Å². The third-order valence-corrected chi connectivity index (χ3v) is 3.43. The lowest BCUT2D eigenvalue weighted by atomic mass is 10.1. The maximum atomic E-state index is 13.2. The van der Waals surface area contributed by atoms with Crippen molar-refractivity contribution < 1.29 is 13.9 Å². The molecule has 20 heavy (non-hydrogen) atoms. The maximum Gasteiger partial charge on any atom is 0.251 e. The number of amides is 1. The first kappa shape index (κ1) is 14.9. The number of benzene rings is 1. The zero-order valence-corrected chi connectivity index (χ0v) is 12.0. The van der Waals surface area contributed by atoms with E-state index in [9.17, 15) is 9.18 Å². The van der Waals surface area contributed by atoms with Gasteiger partial charge in [-0.1, -0.05) is 0 Å². The highest BCUT2D eigenvalue weighted by molar-refractivity contribution is 5.94. The highest BCUT2D eigenvalue weighted by atomic mass is 19.1. The Morgan fingerprint density at radius 3 is 2.80 bits per heavy atom. The number of halogens is 1. The van der Waals surface area contributed by atoms with E-state index in [4.69, 9.17) is 4.74 Å². The Balaban J connectivity index is 1.87. The van der Waals surface area contributed by atoms with Crippen molar-refractivity contribution in [3.63, 3.8) is 0 Å². The standard InChI is InChI=1S/C15H21FN2O2/c1-11-9-13(3-4-14(11)16)15(19)17-12(2)10-18-5-7-20-8-6-18/h3-4,9,12H,5-8,10H2,1-2H3,(H,17,19). The number of hydrogen-bond donors (Lipinski definition) is 1. The Labute approximate surface area is 118 Å². The van der Waals surface area contributed by atoms with Gasteiger partial charge in [0.05, 0.1) is 13.2 Å². The first-order valence-corrected chi connectivity index (χ1v) is 6.93. The van der Waals surface area contributed by atoms with E-state index in [-0.39, 0.29) is 17.8 Å². The van der Waals surface area contributed by atoms with Crippen LogP contribution in [0.1, 0.15) is 22.8 Å². The summed E-state index contributed by atoms with van der Waals surface area (Å²) >= 11 is 0. The molecule has 0 aromatic heterocycles. The molecule has 5 heteroatoms. The van der Waals surface area contributed by atoms with E-state index in [1.165, 1.54) is 12.1 Å². The summed E-state index contributed by atoms with van der Waals surface area (Å²) in [5.74, 6) is -0.447. The Kier molecular flexibility index (Phi) is 5.09. The number of rotatable bonds is 4. The molecule has 0 bridgehead atoms. The molecule has 1 aromatic rings. The molecule has 1 unspecified atom stereocenters. The molecule has 1 fully saturated rings. The number of nitrogens with one attached hydrogen (secondary N) is 1. The number of hydrogen-bond acceptors (Lipinski definition) is 3. The molecule has 1 N–H and O–H groups in total. The van der Waals surface area contributed by atoms with Crippen molar-refractivity contribution in [2.75, 3.05) is 32.8 Å². The third kappa shape index (κ3) is 4.02. The van der Waals surface area contributed by atoms with Crippen molar-refractivity contribution in [1.29, 1.82) is 0 Å². The van der Waals surface area contributed by atoms with Crippen LogP contribution in [0.3, 0.4) is 0 Å². The second-order valence-electron chi connectivity index (χ2n) is 5.25. The minimum atomic E-state index is -0.289. The number of ether oxygens (including phenoxy) is 1. The fraction of sp³-hybridized carbons (Fsp3) is 0.533. The van der Waals surface area contributed by atoms with Crippen LogP contribution < -0.4 is 5.32 Å². The number of nitrogens with zero attached hydrogens (tertiary/aromatic N) is 1. The van der Waals surface area contributed by atoms with Gasteiger partial charge in [-0.25, -0.2) is 4.39 Å². The van der Waals surface area contributed by atoms with Crippen molar-refractivity contribution in [3.8, 4) is 0 Å². The molecule has 1 aliphatic heterocycles. The summed E-state index contributed by atoms with van der Waals surface area (Å²) in [6.45, 7) is 7.73. The van der Waals surface area contributed by atoms with Crippen LogP contribution in [0.2, 0.25) is 0 Å². The molecule has 1 aromatic carbocycles. The first-order chi connectivity index (χ1) is 9.56. The monoisotopic (exact) mass is 280 g/mol. The average Bonchev–Trinajstić information content (AvgIpc) is 2.42. The summed E-state index contributed by atoms with van der Waals surface area (Å²) in [6.07, 6.45) is 0. The van der Waals surface area contributed by atoms with Crippen molar-refractivity contribution in [2.45, 2.75) is 19.9 Å². The van der Waals surface area contributed by atoms with Crippen LogP contribution in [0.25, 0.3) is 0 Å². The van der Waals surface area contributed by atoms with Gasteiger partial charge in [-0.3, -0.25) is 9.69 Å². The van der Waals surface area contributed by atoms with Crippen molar-refractivity contribution in [3.05, 3.63) is 35.1 Å². The highest BCUT2D eigenvalue weighted by Crippen LogP contribution is 2.09. The summed E-state index contributed by atoms with van der Waals surface area (Å²) < 4.78 is 18.5. The van der Waals surface area contributed by atoms with Gasteiger partial charge in [-0.2, -0.15) is 0 Å². The van der Waals surface area contributed by atoms with E-state index < -0.39 is 0 Å². The van der Waals surface area contributed by atoms with Gasteiger partial charge in [-0.05, 0) is 37.6 Å². The number of carbonyl (C=O) groups is 1.